The number of rotatable bonds is 3. The Hall–Kier alpha value is -1.38. The fourth-order valence-electron chi connectivity index (χ4n) is 2.90. The molecule has 0 amide bonds. The summed E-state index contributed by atoms with van der Waals surface area (Å²) in [7, 11) is 0. The molecule has 2 nitrogen and oxygen atoms in total. The molecule has 0 aromatic heterocycles. The van der Waals surface area contributed by atoms with E-state index in [0.29, 0.717) is 5.92 Å². The van der Waals surface area contributed by atoms with Crippen LogP contribution < -0.4 is 5.32 Å². The molecule has 0 saturated carbocycles. The first-order chi connectivity index (χ1) is 9.33. The fourth-order valence-corrected chi connectivity index (χ4v) is 2.90. The Morgan fingerprint density at radius 2 is 1.79 bits per heavy atom. The van der Waals surface area contributed by atoms with Crippen LogP contribution in [0, 0.1) is 0 Å². The van der Waals surface area contributed by atoms with Gasteiger partial charge in [0.25, 0.3) is 0 Å². The quantitative estimate of drug-likeness (QED) is 0.906. The van der Waals surface area contributed by atoms with E-state index in [4.69, 9.17) is 0 Å². The van der Waals surface area contributed by atoms with Crippen molar-refractivity contribution in [2.24, 2.45) is 0 Å². The van der Waals surface area contributed by atoms with Gasteiger partial charge in [0.05, 0.1) is 0 Å². The molecule has 0 aliphatic carbocycles. The number of fused-ring (bicyclic) bond motifs is 1. The zero-order chi connectivity index (χ0) is 13.1. The van der Waals surface area contributed by atoms with Gasteiger partial charge in [-0.15, -0.1) is 0 Å². The van der Waals surface area contributed by atoms with Gasteiger partial charge in [0.1, 0.15) is 0 Å². The minimum Gasteiger partial charge on any atom is -0.314 e. The fraction of sp³-hybridized carbons (Fsp3) is 0.412. The van der Waals surface area contributed by atoms with Crippen LogP contribution in [0.15, 0.2) is 42.5 Å². The van der Waals surface area contributed by atoms with Crippen LogP contribution >= 0.6 is 0 Å². The van der Waals surface area contributed by atoms with E-state index in [0.717, 1.165) is 13.1 Å². The first-order valence-electron chi connectivity index (χ1n) is 7.25. The highest BCUT2D eigenvalue weighted by atomic mass is 15.2. The molecule has 2 aromatic rings. The summed E-state index contributed by atoms with van der Waals surface area (Å²) >= 11 is 0. The third-order valence-electron chi connectivity index (χ3n) is 4.08. The minimum absolute atomic E-state index is 0.600. The maximum atomic E-state index is 3.41. The van der Waals surface area contributed by atoms with E-state index in [2.05, 4.69) is 59.6 Å². The lowest BCUT2D eigenvalue weighted by Crippen LogP contribution is -2.44. The number of hydrogen-bond acceptors (Lipinski definition) is 2. The molecule has 19 heavy (non-hydrogen) atoms. The summed E-state index contributed by atoms with van der Waals surface area (Å²) in [5, 5.41) is 6.10. The second-order valence-electron chi connectivity index (χ2n) is 5.56. The summed E-state index contributed by atoms with van der Waals surface area (Å²) in [6.45, 7) is 8.12. The predicted octanol–water partition coefficient (Wildman–Crippen LogP) is 2.85. The van der Waals surface area contributed by atoms with Gasteiger partial charge < -0.3 is 10.2 Å². The second-order valence-corrected chi connectivity index (χ2v) is 5.56. The van der Waals surface area contributed by atoms with Gasteiger partial charge in [-0.2, -0.15) is 0 Å². The van der Waals surface area contributed by atoms with Crippen LogP contribution in [0.2, 0.25) is 0 Å². The van der Waals surface area contributed by atoms with Crippen LogP contribution in [-0.2, 0) is 0 Å². The molecule has 0 bridgehead atoms. The lowest BCUT2D eigenvalue weighted by atomic mass is 9.97. The maximum absolute atomic E-state index is 3.41. The van der Waals surface area contributed by atoms with E-state index < -0.39 is 0 Å². The van der Waals surface area contributed by atoms with Gasteiger partial charge in [-0.1, -0.05) is 49.4 Å². The number of piperazine rings is 1. The van der Waals surface area contributed by atoms with Crippen molar-refractivity contribution in [3.63, 3.8) is 0 Å². The molecule has 1 heterocycles. The molecule has 2 aromatic carbocycles. The van der Waals surface area contributed by atoms with Gasteiger partial charge in [0.2, 0.25) is 0 Å². The Balaban J connectivity index is 1.75. The SMILES string of the molecule is CC(CN1CCNCC1)c1ccc2ccccc2c1. The highest BCUT2D eigenvalue weighted by Crippen LogP contribution is 2.22. The molecule has 3 rings (SSSR count). The highest BCUT2D eigenvalue weighted by Gasteiger charge is 2.14. The summed E-state index contributed by atoms with van der Waals surface area (Å²) < 4.78 is 0. The van der Waals surface area contributed by atoms with Gasteiger partial charge in [-0.25, -0.2) is 0 Å². The third-order valence-corrected chi connectivity index (χ3v) is 4.08. The minimum atomic E-state index is 0.600. The van der Waals surface area contributed by atoms with Crippen molar-refractivity contribution < 1.29 is 0 Å². The summed E-state index contributed by atoms with van der Waals surface area (Å²) in [6.07, 6.45) is 0. The highest BCUT2D eigenvalue weighted by molar-refractivity contribution is 5.83. The van der Waals surface area contributed by atoms with Crippen LogP contribution in [0.3, 0.4) is 0 Å². The Bertz CT molecular complexity index is 544. The zero-order valence-corrected chi connectivity index (χ0v) is 11.6. The van der Waals surface area contributed by atoms with E-state index in [1.54, 1.807) is 0 Å². The average molecular weight is 254 g/mol. The first-order valence-corrected chi connectivity index (χ1v) is 7.25. The topological polar surface area (TPSA) is 15.3 Å². The molecule has 100 valence electrons. The van der Waals surface area contributed by atoms with Gasteiger partial charge in [0, 0.05) is 32.7 Å². The van der Waals surface area contributed by atoms with Crippen molar-refractivity contribution in [3.05, 3.63) is 48.0 Å². The molecule has 0 radical (unpaired) electrons. The Morgan fingerprint density at radius 3 is 2.58 bits per heavy atom. The molecule has 1 saturated heterocycles. The van der Waals surface area contributed by atoms with E-state index in [1.165, 1.54) is 36.0 Å². The van der Waals surface area contributed by atoms with E-state index >= 15 is 0 Å². The molecule has 1 aliphatic heterocycles. The van der Waals surface area contributed by atoms with Gasteiger partial charge in [-0.3, -0.25) is 0 Å². The van der Waals surface area contributed by atoms with Crippen molar-refractivity contribution in [1.29, 1.82) is 0 Å². The Morgan fingerprint density at radius 1 is 1.05 bits per heavy atom. The van der Waals surface area contributed by atoms with E-state index in [9.17, 15) is 0 Å². The first kappa shape index (κ1) is 12.6. The summed E-state index contributed by atoms with van der Waals surface area (Å²) in [5.41, 5.74) is 1.46. The van der Waals surface area contributed by atoms with E-state index in [1.807, 2.05) is 0 Å². The van der Waals surface area contributed by atoms with Crippen molar-refractivity contribution in [2.75, 3.05) is 32.7 Å². The summed E-state index contributed by atoms with van der Waals surface area (Å²) in [5.74, 6) is 0.600. The lowest BCUT2D eigenvalue weighted by Gasteiger charge is -2.29. The van der Waals surface area contributed by atoms with Crippen LogP contribution in [0.25, 0.3) is 10.8 Å². The molecule has 0 spiro atoms. The molecule has 1 N–H and O–H groups in total. The number of hydrogen-bond donors (Lipinski definition) is 1. The molecule has 1 fully saturated rings. The van der Waals surface area contributed by atoms with Crippen molar-refractivity contribution in [1.82, 2.24) is 10.2 Å². The number of nitrogens with zero attached hydrogens (tertiary/aromatic N) is 1. The Labute approximate surface area is 115 Å². The van der Waals surface area contributed by atoms with Crippen molar-refractivity contribution >= 4 is 10.8 Å². The van der Waals surface area contributed by atoms with Crippen LogP contribution in [0.5, 0.6) is 0 Å². The summed E-state index contributed by atoms with van der Waals surface area (Å²) in [4.78, 5) is 2.57. The van der Waals surface area contributed by atoms with Gasteiger partial charge in [0.15, 0.2) is 0 Å². The monoisotopic (exact) mass is 254 g/mol. The van der Waals surface area contributed by atoms with Crippen molar-refractivity contribution in [3.8, 4) is 0 Å². The normalized spacial score (nSPS) is 18.6. The molecule has 1 atom stereocenters. The number of nitrogens with one attached hydrogen (secondary N) is 1. The van der Waals surface area contributed by atoms with Crippen molar-refractivity contribution in [2.45, 2.75) is 12.8 Å². The average Bonchev–Trinajstić information content (AvgIpc) is 2.48. The second kappa shape index (κ2) is 5.72. The van der Waals surface area contributed by atoms with Gasteiger partial charge in [-0.05, 0) is 22.3 Å². The molecular formula is C17H22N2. The van der Waals surface area contributed by atoms with Crippen LogP contribution in [0.4, 0.5) is 0 Å². The largest absolute Gasteiger partial charge is 0.314 e. The van der Waals surface area contributed by atoms with Crippen LogP contribution in [-0.4, -0.2) is 37.6 Å². The smallest absolute Gasteiger partial charge is 0.0108 e. The maximum Gasteiger partial charge on any atom is 0.0108 e. The third kappa shape index (κ3) is 2.96. The molecule has 2 heteroatoms. The van der Waals surface area contributed by atoms with Crippen LogP contribution in [0.1, 0.15) is 18.4 Å². The molecule has 1 unspecified atom stereocenters. The predicted molar refractivity (Wildman–Crippen MR) is 81.7 cm³/mol. The van der Waals surface area contributed by atoms with Gasteiger partial charge >= 0.3 is 0 Å². The summed E-state index contributed by atoms with van der Waals surface area (Å²) in [6, 6.07) is 15.5. The number of benzene rings is 2. The molecule has 1 aliphatic rings. The zero-order valence-electron chi connectivity index (χ0n) is 11.6. The molecular weight excluding hydrogens is 232 g/mol. The Kier molecular flexibility index (Phi) is 3.81. The van der Waals surface area contributed by atoms with E-state index in [-0.39, 0.29) is 0 Å². The standard InChI is InChI=1S/C17H22N2/c1-14(13-19-10-8-18-9-11-19)16-7-6-15-4-2-3-5-17(15)12-16/h2-7,12,14,18H,8-11,13H2,1H3. The lowest BCUT2D eigenvalue weighted by molar-refractivity contribution is 0.230.